The lowest BCUT2D eigenvalue weighted by Gasteiger charge is -2.05. The highest BCUT2D eigenvalue weighted by Crippen LogP contribution is 2.26. The zero-order valence-electron chi connectivity index (χ0n) is 9.84. The van der Waals surface area contributed by atoms with Gasteiger partial charge in [-0.15, -0.1) is 0 Å². The fourth-order valence-electron chi connectivity index (χ4n) is 1.78. The van der Waals surface area contributed by atoms with Crippen molar-refractivity contribution >= 4 is 21.7 Å². The number of nitrogens with zero attached hydrogens (tertiary/aromatic N) is 3. The van der Waals surface area contributed by atoms with Crippen LogP contribution < -0.4 is 0 Å². The van der Waals surface area contributed by atoms with Gasteiger partial charge >= 0.3 is 5.82 Å². The number of aromatic nitrogens is 2. The molecule has 0 spiro atoms. The van der Waals surface area contributed by atoms with Crippen molar-refractivity contribution in [3.05, 3.63) is 56.4 Å². The van der Waals surface area contributed by atoms with Gasteiger partial charge in [-0.05, 0) is 31.4 Å². The maximum atomic E-state index is 10.9. The van der Waals surface area contributed by atoms with Gasteiger partial charge in [0.25, 0.3) is 0 Å². The average Bonchev–Trinajstić information content (AvgIpc) is 2.68. The van der Waals surface area contributed by atoms with Crippen LogP contribution in [0.25, 0.3) is 0 Å². The molecule has 0 aliphatic carbocycles. The molecule has 0 saturated heterocycles. The molecule has 0 bridgehead atoms. The van der Waals surface area contributed by atoms with Crippen molar-refractivity contribution in [2.45, 2.75) is 19.9 Å². The van der Waals surface area contributed by atoms with E-state index in [0.717, 1.165) is 5.56 Å². The Kier molecular flexibility index (Phi) is 3.76. The van der Waals surface area contributed by atoms with Crippen molar-refractivity contribution in [2.75, 3.05) is 0 Å². The van der Waals surface area contributed by atoms with E-state index in [9.17, 15) is 10.1 Å². The van der Waals surface area contributed by atoms with Gasteiger partial charge in [0, 0.05) is 6.42 Å². The molecule has 6 heteroatoms. The van der Waals surface area contributed by atoms with E-state index in [0.29, 0.717) is 23.4 Å². The fraction of sp³-hybridized carbons (Fsp3) is 0.250. The molecule has 0 N–H and O–H groups in total. The molecule has 0 atom stereocenters. The second kappa shape index (κ2) is 5.30. The number of hydrogen-bond donors (Lipinski definition) is 0. The van der Waals surface area contributed by atoms with Crippen molar-refractivity contribution < 1.29 is 4.92 Å². The van der Waals surface area contributed by atoms with Gasteiger partial charge in [0.05, 0.1) is 6.54 Å². The van der Waals surface area contributed by atoms with Crippen molar-refractivity contribution in [2.24, 2.45) is 0 Å². The SMILES string of the molecule is CCc1nc([N+](=O)[O-])c(Br)n1Cc1ccccc1. The van der Waals surface area contributed by atoms with E-state index in [-0.39, 0.29) is 5.82 Å². The van der Waals surface area contributed by atoms with Crippen LogP contribution in [0.15, 0.2) is 34.9 Å². The third-order valence-corrected chi connectivity index (χ3v) is 3.42. The second-order valence-corrected chi connectivity index (χ2v) is 4.58. The predicted molar refractivity (Wildman–Crippen MR) is 71.5 cm³/mol. The van der Waals surface area contributed by atoms with Gasteiger partial charge in [-0.25, -0.2) is 0 Å². The maximum Gasteiger partial charge on any atom is 0.396 e. The molecular formula is C12H12BrN3O2. The Morgan fingerprint density at radius 3 is 2.61 bits per heavy atom. The number of hydrogen-bond acceptors (Lipinski definition) is 3. The molecule has 94 valence electrons. The number of aryl methyl sites for hydroxylation is 1. The molecule has 2 rings (SSSR count). The molecule has 0 radical (unpaired) electrons. The van der Waals surface area contributed by atoms with Crippen LogP contribution in [0.1, 0.15) is 18.3 Å². The zero-order chi connectivity index (χ0) is 13.1. The van der Waals surface area contributed by atoms with Crippen LogP contribution >= 0.6 is 15.9 Å². The highest BCUT2D eigenvalue weighted by Gasteiger charge is 2.24. The van der Waals surface area contributed by atoms with E-state index in [1.54, 1.807) is 0 Å². The molecule has 1 aromatic carbocycles. The number of halogens is 1. The zero-order valence-corrected chi connectivity index (χ0v) is 11.4. The summed E-state index contributed by atoms with van der Waals surface area (Å²) in [6.07, 6.45) is 0.652. The molecule has 18 heavy (non-hydrogen) atoms. The van der Waals surface area contributed by atoms with Crippen LogP contribution in [0, 0.1) is 10.1 Å². The van der Waals surface area contributed by atoms with Crippen LogP contribution in [0.4, 0.5) is 5.82 Å². The predicted octanol–water partition coefficient (Wildman–Crippen LogP) is 3.16. The third-order valence-electron chi connectivity index (χ3n) is 2.64. The molecule has 1 aromatic heterocycles. The summed E-state index contributed by atoms with van der Waals surface area (Å²) < 4.78 is 2.25. The summed E-state index contributed by atoms with van der Waals surface area (Å²) in [5, 5.41) is 10.9. The summed E-state index contributed by atoms with van der Waals surface area (Å²) in [6, 6.07) is 9.80. The van der Waals surface area contributed by atoms with Gasteiger partial charge in [-0.3, -0.25) is 4.57 Å². The summed E-state index contributed by atoms with van der Waals surface area (Å²) in [6.45, 7) is 2.51. The minimum absolute atomic E-state index is 0.122. The Morgan fingerprint density at radius 2 is 2.06 bits per heavy atom. The van der Waals surface area contributed by atoms with Crippen molar-refractivity contribution in [3.63, 3.8) is 0 Å². The first kappa shape index (κ1) is 12.8. The molecule has 5 nitrogen and oxygen atoms in total. The first-order valence-electron chi connectivity index (χ1n) is 5.56. The standard InChI is InChI=1S/C12H12BrN3O2/c1-2-10-14-12(16(17)18)11(13)15(10)8-9-6-4-3-5-7-9/h3-7H,2,8H2,1H3. The smallest absolute Gasteiger partial charge is 0.358 e. The second-order valence-electron chi connectivity index (χ2n) is 3.82. The topological polar surface area (TPSA) is 61.0 Å². The van der Waals surface area contributed by atoms with E-state index in [4.69, 9.17) is 0 Å². The van der Waals surface area contributed by atoms with Gasteiger partial charge in [-0.1, -0.05) is 37.3 Å². The van der Waals surface area contributed by atoms with E-state index >= 15 is 0 Å². The first-order chi connectivity index (χ1) is 8.63. The molecule has 0 saturated carbocycles. The van der Waals surface area contributed by atoms with Gasteiger partial charge in [-0.2, -0.15) is 0 Å². The summed E-state index contributed by atoms with van der Waals surface area (Å²) in [7, 11) is 0. The number of rotatable bonds is 4. The molecule has 0 fully saturated rings. The van der Waals surface area contributed by atoms with Crippen LogP contribution in [-0.2, 0) is 13.0 Å². The fourth-order valence-corrected chi connectivity index (χ4v) is 2.34. The molecule has 2 aromatic rings. The lowest BCUT2D eigenvalue weighted by atomic mass is 10.2. The third kappa shape index (κ3) is 2.43. The maximum absolute atomic E-state index is 10.9. The van der Waals surface area contributed by atoms with E-state index in [1.807, 2.05) is 41.8 Å². The Morgan fingerprint density at radius 1 is 1.39 bits per heavy atom. The number of nitro groups is 1. The van der Waals surface area contributed by atoms with Gasteiger partial charge < -0.3 is 10.1 Å². The quantitative estimate of drug-likeness (QED) is 0.644. The monoisotopic (exact) mass is 309 g/mol. The minimum atomic E-state index is -0.468. The normalized spacial score (nSPS) is 10.6. The molecule has 0 amide bonds. The summed E-state index contributed by atoms with van der Waals surface area (Å²) in [5.74, 6) is 0.584. The van der Waals surface area contributed by atoms with Crippen molar-refractivity contribution in [1.29, 1.82) is 0 Å². The van der Waals surface area contributed by atoms with Crippen LogP contribution in [0.2, 0.25) is 0 Å². The molecule has 0 aliphatic heterocycles. The molecular weight excluding hydrogens is 298 g/mol. The van der Waals surface area contributed by atoms with E-state index in [1.165, 1.54) is 0 Å². The Bertz CT molecular complexity index is 566. The average molecular weight is 310 g/mol. The molecule has 0 aliphatic rings. The lowest BCUT2D eigenvalue weighted by Crippen LogP contribution is -2.04. The largest absolute Gasteiger partial charge is 0.396 e. The van der Waals surface area contributed by atoms with E-state index < -0.39 is 4.92 Å². The van der Waals surface area contributed by atoms with Crippen LogP contribution in [0.5, 0.6) is 0 Å². The van der Waals surface area contributed by atoms with Crippen molar-refractivity contribution in [3.8, 4) is 0 Å². The van der Waals surface area contributed by atoms with Crippen LogP contribution in [-0.4, -0.2) is 14.5 Å². The highest BCUT2D eigenvalue weighted by molar-refractivity contribution is 9.10. The Labute approximate surface area is 113 Å². The molecule has 1 heterocycles. The summed E-state index contributed by atoms with van der Waals surface area (Å²) >= 11 is 3.26. The first-order valence-corrected chi connectivity index (χ1v) is 6.36. The van der Waals surface area contributed by atoms with Gasteiger partial charge in [0.2, 0.25) is 5.82 Å². The van der Waals surface area contributed by atoms with Gasteiger partial charge in [0.1, 0.15) is 0 Å². The highest BCUT2D eigenvalue weighted by atomic mass is 79.9. The summed E-state index contributed by atoms with van der Waals surface area (Å²) in [4.78, 5) is 14.4. The number of imidazole rings is 1. The lowest BCUT2D eigenvalue weighted by molar-refractivity contribution is -0.390. The Hall–Kier alpha value is -1.69. The Balaban J connectivity index is 2.41. The molecule has 0 unspecified atom stereocenters. The minimum Gasteiger partial charge on any atom is -0.358 e. The summed E-state index contributed by atoms with van der Waals surface area (Å²) in [5.41, 5.74) is 1.08. The van der Waals surface area contributed by atoms with E-state index in [2.05, 4.69) is 20.9 Å². The number of benzene rings is 1. The van der Waals surface area contributed by atoms with Gasteiger partial charge in [0.15, 0.2) is 4.60 Å². The van der Waals surface area contributed by atoms with Crippen molar-refractivity contribution in [1.82, 2.24) is 9.55 Å². The van der Waals surface area contributed by atoms with Crippen LogP contribution in [0.3, 0.4) is 0 Å².